The van der Waals surface area contributed by atoms with Crippen LogP contribution in [0.1, 0.15) is 56.8 Å². The van der Waals surface area contributed by atoms with E-state index in [-0.39, 0.29) is 34.7 Å². The Hall–Kier alpha value is -1.66. The second-order valence-electron chi connectivity index (χ2n) is 8.27. The fraction of sp³-hybridized carbons (Fsp3) is 0.600. The average molecular weight is 429 g/mol. The first kappa shape index (κ1) is 21.1. The molecule has 1 aromatic rings. The molecule has 1 heterocycles. The third-order valence-corrected chi connectivity index (χ3v) is 5.39. The number of likely N-dealkylation sites (tertiary alicyclic amines) is 1. The topological polar surface area (TPSA) is 67.9 Å². The monoisotopic (exact) mass is 428 g/mol. The number of halogens is 2. The van der Waals surface area contributed by atoms with Crippen LogP contribution in [0.2, 0.25) is 10.0 Å². The molecule has 2 aliphatic rings. The summed E-state index contributed by atoms with van der Waals surface area (Å²) in [5.74, 6) is 0.152. The number of ether oxygens (including phenoxy) is 2. The van der Waals surface area contributed by atoms with Gasteiger partial charge in [-0.2, -0.15) is 0 Å². The molecule has 8 heteroatoms. The minimum atomic E-state index is -0.520. The van der Waals surface area contributed by atoms with Crippen LogP contribution < -0.4 is 10.1 Å². The van der Waals surface area contributed by atoms with Crippen LogP contribution in [-0.4, -0.2) is 47.7 Å². The summed E-state index contributed by atoms with van der Waals surface area (Å²) in [6.45, 7) is 6.60. The molecule has 2 amide bonds. The van der Waals surface area contributed by atoms with Gasteiger partial charge < -0.3 is 19.7 Å². The van der Waals surface area contributed by atoms with E-state index < -0.39 is 5.60 Å². The van der Waals surface area contributed by atoms with Crippen molar-refractivity contribution >= 4 is 35.2 Å². The van der Waals surface area contributed by atoms with E-state index >= 15 is 0 Å². The number of rotatable bonds is 4. The summed E-state index contributed by atoms with van der Waals surface area (Å²) >= 11 is 12.4. The lowest BCUT2D eigenvalue weighted by Gasteiger charge is -2.33. The van der Waals surface area contributed by atoms with E-state index in [1.807, 2.05) is 20.8 Å². The molecule has 2 fully saturated rings. The van der Waals surface area contributed by atoms with Crippen molar-refractivity contribution in [3.63, 3.8) is 0 Å². The maximum Gasteiger partial charge on any atom is 0.410 e. The molecule has 1 saturated heterocycles. The van der Waals surface area contributed by atoms with Gasteiger partial charge in [-0.1, -0.05) is 23.2 Å². The minimum Gasteiger partial charge on any atom is -0.489 e. The largest absolute Gasteiger partial charge is 0.489 e. The number of carbonyl (C=O) groups is 2. The Kier molecular flexibility index (Phi) is 6.30. The number of hydrogen-bond donors (Lipinski definition) is 1. The molecule has 1 aliphatic heterocycles. The maximum absolute atomic E-state index is 12.6. The molecule has 0 spiro atoms. The lowest BCUT2D eigenvalue weighted by atomic mass is 10.1. The Morgan fingerprint density at radius 2 is 1.75 bits per heavy atom. The lowest BCUT2D eigenvalue weighted by Crippen LogP contribution is -2.44. The molecule has 28 heavy (non-hydrogen) atoms. The quantitative estimate of drug-likeness (QED) is 0.756. The van der Waals surface area contributed by atoms with Crippen molar-refractivity contribution in [2.24, 2.45) is 0 Å². The summed E-state index contributed by atoms with van der Waals surface area (Å²) in [4.78, 5) is 26.5. The van der Waals surface area contributed by atoms with Crippen LogP contribution in [0.25, 0.3) is 0 Å². The van der Waals surface area contributed by atoms with Gasteiger partial charge in [0, 0.05) is 32.0 Å². The maximum atomic E-state index is 12.6. The predicted molar refractivity (Wildman–Crippen MR) is 108 cm³/mol. The van der Waals surface area contributed by atoms with E-state index in [0.29, 0.717) is 36.7 Å². The number of piperidine rings is 1. The van der Waals surface area contributed by atoms with Crippen molar-refractivity contribution in [2.75, 3.05) is 13.1 Å². The number of benzene rings is 1. The minimum absolute atomic E-state index is 0.122. The van der Waals surface area contributed by atoms with Crippen molar-refractivity contribution in [1.82, 2.24) is 10.2 Å². The van der Waals surface area contributed by atoms with Crippen molar-refractivity contribution in [3.05, 3.63) is 27.7 Å². The summed E-state index contributed by atoms with van der Waals surface area (Å²) in [5.41, 5.74) is -0.246. The standard InChI is InChI=1S/C20H26Cl2N2O4/c1-20(2,3)28-19(26)24-10-8-13(9-11-24)27-15-7-6-14(21)17(22)16(15)18(25)23-12-4-5-12/h6-7,12-13H,4-5,8-11H2,1-3H3,(H,23,25). The molecule has 1 aliphatic carbocycles. The van der Waals surface area contributed by atoms with Crippen LogP contribution in [0.4, 0.5) is 4.79 Å². The highest BCUT2D eigenvalue weighted by atomic mass is 35.5. The van der Waals surface area contributed by atoms with Crippen molar-refractivity contribution in [3.8, 4) is 5.75 Å². The van der Waals surface area contributed by atoms with Crippen LogP contribution in [0.3, 0.4) is 0 Å². The average Bonchev–Trinajstić information content (AvgIpc) is 3.41. The highest BCUT2D eigenvalue weighted by Gasteiger charge is 2.30. The normalized spacial score (nSPS) is 18.0. The molecule has 3 rings (SSSR count). The summed E-state index contributed by atoms with van der Waals surface area (Å²) in [5, 5.41) is 3.44. The predicted octanol–water partition coefficient (Wildman–Crippen LogP) is 4.66. The van der Waals surface area contributed by atoms with Gasteiger partial charge in [-0.15, -0.1) is 0 Å². The van der Waals surface area contributed by atoms with Crippen LogP contribution in [-0.2, 0) is 4.74 Å². The first-order valence-corrected chi connectivity index (χ1v) is 10.3. The molecule has 1 saturated carbocycles. The Balaban J connectivity index is 1.64. The van der Waals surface area contributed by atoms with Gasteiger partial charge in [0.2, 0.25) is 0 Å². The fourth-order valence-corrected chi connectivity index (χ4v) is 3.39. The number of nitrogens with one attached hydrogen (secondary N) is 1. The Labute approximate surface area is 175 Å². The van der Waals surface area contributed by atoms with Gasteiger partial charge in [0.15, 0.2) is 0 Å². The van der Waals surface area contributed by atoms with Crippen molar-refractivity contribution in [1.29, 1.82) is 0 Å². The van der Waals surface area contributed by atoms with Gasteiger partial charge in [-0.3, -0.25) is 4.79 Å². The second-order valence-corrected chi connectivity index (χ2v) is 9.05. The lowest BCUT2D eigenvalue weighted by molar-refractivity contribution is 0.0126. The van der Waals surface area contributed by atoms with Crippen molar-refractivity contribution < 1.29 is 19.1 Å². The molecule has 1 aromatic carbocycles. The van der Waals surface area contributed by atoms with Gasteiger partial charge in [0.1, 0.15) is 23.0 Å². The van der Waals surface area contributed by atoms with E-state index in [2.05, 4.69) is 5.32 Å². The summed E-state index contributed by atoms with van der Waals surface area (Å²) in [6.07, 6.45) is 2.80. The SMILES string of the molecule is CC(C)(C)OC(=O)N1CCC(Oc2ccc(Cl)c(Cl)c2C(=O)NC2CC2)CC1. The van der Waals surface area contributed by atoms with Gasteiger partial charge in [-0.05, 0) is 45.7 Å². The zero-order chi connectivity index (χ0) is 20.5. The van der Waals surface area contributed by atoms with E-state index in [0.717, 1.165) is 12.8 Å². The number of carbonyl (C=O) groups excluding carboxylic acids is 2. The Morgan fingerprint density at radius 3 is 2.32 bits per heavy atom. The highest BCUT2D eigenvalue weighted by molar-refractivity contribution is 6.44. The highest BCUT2D eigenvalue weighted by Crippen LogP contribution is 2.35. The summed E-state index contributed by atoms with van der Waals surface area (Å²) < 4.78 is 11.5. The number of nitrogens with zero attached hydrogens (tertiary/aromatic N) is 1. The molecule has 154 valence electrons. The van der Waals surface area contributed by atoms with Gasteiger partial charge in [0.05, 0.1) is 10.0 Å². The molecule has 0 unspecified atom stereocenters. The fourth-order valence-electron chi connectivity index (χ4n) is 2.99. The van der Waals surface area contributed by atoms with Gasteiger partial charge in [0.25, 0.3) is 5.91 Å². The van der Waals surface area contributed by atoms with Crippen LogP contribution in [0.5, 0.6) is 5.75 Å². The van der Waals surface area contributed by atoms with Gasteiger partial charge >= 0.3 is 6.09 Å². The Morgan fingerprint density at radius 1 is 1.11 bits per heavy atom. The molecule has 0 atom stereocenters. The third-order valence-electron chi connectivity index (χ3n) is 4.58. The van der Waals surface area contributed by atoms with Gasteiger partial charge in [-0.25, -0.2) is 4.79 Å². The number of amides is 2. The van der Waals surface area contributed by atoms with Crippen molar-refractivity contribution in [2.45, 2.75) is 64.2 Å². The van der Waals surface area contributed by atoms with Crippen LogP contribution >= 0.6 is 23.2 Å². The zero-order valence-electron chi connectivity index (χ0n) is 16.4. The Bertz CT molecular complexity index is 751. The second kappa shape index (κ2) is 8.37. The van der Waals surface area contributed by atoms with Crippen LogP contribution in [0.15, 0.2) is 12.1 Å². The molecular weight excluding hydrogens is 403 g/mol. The van der Waals surface area contributed by atoms with Crippen LogP contribution in [0, 0.1) is 0 Å². The number of hydrogen-bond acceptors (Lipinski definition) is 4. The zero-order valence-corrected chi connectivity index (χ0v) is 17.9. The van der Waals surface area contributed by atoms with E-state index in [9.17, 15) is 9.59 Å². The summed E-state index contributed by atoms with van der Waals surface area (Å²) in [6, 6.07) is 3.51. The van der Waals surface area contributed by atoms with E-state index in [1.165, 1.54) is 0 Å². The molecule has 6 nitrogen and oxygen atoms in total. The summed E-state index contributed by atoms with van der Waals surface area (Å²) in [7, 11) is 0. The molecule has 0 aromatic heterocycles. The van der Waals surface area contributed by atoms with E-state index in [1.54, 1.807) is 17.0 Å². The molecule has 0 bridgehead atoms. The molecule has 0 radical (unpaired) electrons. The third kappa shape index (κ3) is 5.45. The van der Waals surface area contributed by atoms with E-state index in [4.69, 9.17) is 32.7 Å². The molecular formula is C20H26Cl2N2O4. The first-order chi connectivity index (χ1) is 13.1. The molecule has 1 N–H and O–H groups in total. The first-order valence-electron chi connectivity index (χ1n) is 9.57. The smallest absolute Gasteiger partial charge is 0.410 e.